The summed E-state index contributed by atoms with van der Waals surface area (Å²) in [5.41, 5.74) is 0.280. The molecule has 0 atom stereocenters. The van der Waals surface area contributed by atoms with Crippen LogP contribution in [0, 0.1) is 28.3 Å². The summed E-state index contributed by atoms with van der Waals surface area (Å²) in [7, 11) is 0. The van der Waals surface area contributed by atoms with Gasteiger partial charge in [-0.3, -0.25) is 10.1 Å². The van der Waals surface area contributed by atoms with Gasteiger partial charge >= 0.3 is 0 Å². The molecule has 1 N–H and O–H groups in total. The molecule has 0 fully saturated rings. The van der Waals surface area contributed by atoms with E-state index >= 15 is 0 Å². The average molecular weight is 268 g/mol. The molecule has 0 bridgehead atoms. The third-order valence-electron chi connectivity index (χ3n) is 2.16. The Morgan fingerprint density at radius 1 is 1.56 bits per heavy atom. The van der Waals surface area contributed by atoms with Gasteiger partial charge in [-0.15, -0.1) is 18.2 Å². The van der Waals surface area contributed by atoms with Crippen molar-refractivity contribution in [1.29, 1.82) is 0 Å². The summed E-state index contributed by atoms with van der Waals surface area (Å²) in [5, 5.41) is 13.8. The predicted molar refractivity (Wildman–Crippen MR) is 70.9 cm³/mol. The van der Waals surface area contributed by atoms with Crippen molar-refractivity contribution in [1.82, 2.24) is 5.32 Å². The van der Waals surface area contributed by atoms with E-state index in [1.807, 2.05) is 0 Å². The summed E-state index contributed by atoms with van der Waals surface area (Å²) in [6.45, 7) is 0.935. The summed E-state index contributed by atoms with van der Waals surface area (Å²) in [6, 6.07) is 3.45. The van der Waals surface area contributed by atoms with Gasteiger partial charge in [0.25, 0.3) is 5.69 Å². The Labute approximate surface area is 109 Å². The minimum atomic E-state index is -0.510. The lowest BCUT2D eigenvalue weighted by Gasteiger charge is -2.05. The highest BCUT2D eigenvalue weighted by Crippen LogP contribution is 2.19. The third-order valence-corrected chi connectivity index (χ3v) is 3.03. The number of nitrogens with one attached hydrogen (secondary N) is 1. The van der Waals surface area contributed by atoms with Crippen molar-refractivity contribution in [3.8, 4) is 12.3 Å². The second-order valence-corrected chi connectivity index (χ2v) is 4.57. The highest BCUT2D eigenvalue weighted by molar-refractivity contribution is 7.99. The minimum absolute atomic E-state index is 0.0693. The molecule has 0 unspecified atom stereocenters. The first kappa shape index (κ1) is 14.5. The smallest absolute Gasteiger partial charge is 0.274 e. The number of terminal acetylenes is 1. The lowest BCUT2D eigenvalue weighted by Crippen LogP contribution is -2.17. The molecule has 0 radical (unpaired) electrons. The van der Waals surface area contributed by atoms with Crippen molar-refractivity contribution in [2.45, 2.75) is 6.54 Å². The van der Waals surface area contributed by atoms with E-state index in [9.17, 15) is 14.5 Å². The summed E-state index contributed by atoms with van der Waals surface area (Å²) in [6.07, 6.45) is 5.10. The predicted octanol–water partition coefficient (Wildman–Crippen LogP) is 2.19. The van der Waals surface area contributed by atoms with E-state index < -0.39 is 10.7 Å². The molecular weight excluding hydrogens is 255 g/mol. The molecule has 0 saturated carbocycles. The van der Waals surface area contributed by atoms with Crippen LogP contribution < -0.4 is 5.32 Å². The molecule has 4 nitrogen and oxygen atoms in total. The van der Waals surface area contributed by atoms with E-state index in [2.05, 4.69) is 11.2 Å². The van der Waals surface area contributed by atoms with Gasteiger partial charge in [-0.2, -0.15) is 0 Å². The van der Waals surface area contributed by atoms with Crippen LogP contribution in [0.3, 0.4) is 0 Å². The summed E-state index contributed by atoms with van der Waals surface area (Å²) in [4.78, 5) is 10.2. The normalized spacial score (nSPS) is 10.0. The molecule has 0 heterocycles. The Balaban J connectivity index is 2.48. The first-order chi connectivity index (χ1) is 8.65. The molecule has 0 aliphatic heterocycles. The lowest BCUT2D eigenvalue weighted by molar-refractivity contribution is -0.385. The number of rotatable bonds is 7. The van der Waals surface area contributed by atoms with Gasteiger partial charge in [-0.1, -0.05) is 5.92 Å². The molecule has 0 aliphatic carbocycles. The number of thioether (sulfide) groups is 1. The van der Waals surface area contributed by atoms with Crippen molar-refractivity contribution in [3.63, 3.8) is 0 Å². The highest BCUT2D eigenvalue weighted by atomic mass is 32.2. The van der Waals surface area contributed by atoms with E-state index in [0.717, 1.165) is 11.8 Å². The fourth-order valence-electron chi connectivity index (χ4n) is 1.37. The SMILES string of the molecule is C#CCSCCNCc1cc(F)ccc1[N+](=O)[O-]. The van der Waals surface area contributed by atoms with Crippen LogP contribution >= 0.6 is 11.8 Å². The first-order valence-corrected chi connectivity index (χ1v) is 6.45. The van der Waals surface area contributed by atoms with Crippen molar-refractivity contribution in [2.24, 2.45) is 0 Å². The molecule has 0 aliphatic rings. The van der Waals surface area contributed by atoms with Gasteiger partial charge < -0.3 is 5.32 Å². The fraction of sp³-hybridized carbons (Fsp3) is 0.333. The zero-order chi connectivity index (χ0) is 13.4. The van der Waals surface area contributed by atoms with Crippen LogP contribution in [0.2, 0.25) is 0 Å². The maximum atomic E-state index is 13.0. The van der Waals surface area contributed by atoms with Crippen LogP contribution in [0.15, 0.2) is 18.2 Å². The van der Waals surface area contributed by atoms with Gasteiger partial charge in [0.2, 0.25) is 0 Å². The molecule has 0 spiro atoms. The Kier molecular flexibility index (Phi) is 6.19. The molecule has 0 saturated heterocycles. The van der Waals surface area contributed by atoms with Gasteiger partial charge in [-0.05, 0) is 12.1 Å². The van der Waals surface area contributed by atoms with E-state index in [4.69, 9.17) is 6.42 Å². The fourth-order valence-corrected chi connectivity index (χ4v) is 1.92. The molecule has 1 rings (SSSR count). The maximum Gasteiger partial charge on any atom is 0.274 e. The lowest BCUT2D eigenvalue weighted by atomic mass is 10.2. The van der Waals surface area contributed by atoms with Crippen LogP contribution in [0.5, 0.6) is 0 Å². The van der Waals surface area contributed by atoms with Gasteiger partial charge in [0.1, 0.15) is 5.82 Å². The molecule has 1 aromatic rings. The highest BCUT2D eigenvalue weighted by Gasteiger charge is 2.13. The second kappa shape index (κ2) is 7.69. The number of benzene rings is 1. The van der Waals surface area contributed by atoms with Crippen LogP contribution in [-0.4, -0.2) is 23.0 Å². The number of hydrogen-bond acceptors (Lipinski definition) is 4. The number of nitro benzene ring substituents is 1. The molecule has 6 heteroatoms. The summed E-state index contributed by atoms with van der Waals surface area (Å²) in [5.74, 6) is 3.48. The Morgan fingerprint density at radius 2 is 2.33 bits per heavy atom. The maximum absolute atomic E-state index is 13.0. The van der Waals surface area contributed by atoms with Crippen LogP contribution in [0.1, 0.15) is 5.56 Å². The summed E-state index contributed by atoms with van der Waals surface area (Å²) < 4.78 is 13.0. The molecule has 0 aromatic heterocycles. The van der Waals surface area contributed by atoms with Crippen LogP contribution in [0.4, 0.5) is 10.1 Å². The van der Waals surface area contributed by atoms with Gasteiger partial charge in [0.15, 0.2) is 0 Å². The average Bonchev–Trinajstić information content (AvgIpc) is 2.33. The van der Waals surface area contributed by atoms with Crippen LogP contribution in [0.25, 0.3) is 0 Å². The third kappa shape index (κ3) is 4.73. The monoisotopic (exact) mass is 268 g/mol. The van der Waals surface area contributed by atoms with Crippen LogP contribution in [-0.2, 0) is 6.54 Å². The summed E-state index contributed by atoms with van der Waals surface area (Å²) >= 11 is 1.60. The number of nitro groups is 1. The largest absolute Gasteiger partial charge is 0.312 e. The number of nitrogens with zero attached hydrogens (tertiary/aromatic N) is 1. The quantitative estimate of drug-likeness (QED) is 0.356. The van der Waals surface area contributed by atoms with Crippen molar-refractivity contribution in [3.05, 3.63) is 39.7 Å². The second-order valence-electron chi connectivity index (χ2n) is 3.46. The molecular formula is C12H13FN2O2S. The Hall–Kier alpha value is -1.58. The Morgan fingerprint density at radius 3 is 3.00 bits per heavy atom. The number of halogens is 1. The van der Waals surface area contributed by atoms with Crippen molar-refractivity contribution >= 4 is 17.4 Å². The van der Waals surface area contributed by atoms with E-state index in [1.165, 1.54) is 12.1 Å². The molecule has 96 valence electrons. The zero-order valence-electron chi connectivity index (χ0n) is 9.69. The zero-order valence-corrected chi connectivity index (χ0v) is 10.5. The standard InChI is InChI=1S/C12H13FN2O2S/c1-2-6-18-7-5-14-9-10-8-11(13)3-4-12(10)15(16)17/h1,3-4,8,14H,5-7,9H2. The van der Waals surface area contributed by atoms with Gasteiger partial charge in [0.05, 0.1) is 10.7 Å². The molecule has 18 heavy (non-hydrogen) atoms. The van der Waals surface area contributed by atoms with Gasteiger partial charge in [0, 0.05) is 30.5 Å². The van der Waals surface area contributed by atoms with E-state index in [-0.39, 0.29) is 12.2 Å². The molecule has 1 aromatic carbocycles. The first-order valence-electron chi connectivity index (χ1n) is 5.30. The van der Waals surface area contributed by atoms with E-state index in [1.54, 1.807) is 11.8 Å². The van der Waals surface area contributed by atoms with Crippen molar-refractivity contribution < 1.29 is 9.31 Å². The number of hydrogen-bond donors (Lipinski definition) is 1. The van der Waals surface area contributed by atoms with Crippen molar-refractivity contribution in [2.75, 3.05) is 18.1 Å². The van der Waals surface area contributed by atoms with Gasteiger partial charge in [-0.25, -0.2) is 4.39 Å². The topological polar surface area (TPSA) is 55.2 Å². The molecule has 0 amide bonds. The Bertz CT molecular complexity index is 460. The van der Waals surface area contributed by atoms with E-state index in [0.29, 0.717) is 17.9 Å². The minimum Gasteiger partial charge on any atom is -0.312 e.